The van der Waals surface area contributed by atoms with Crippen LogP contribution < -0.4 is 19.7 Å². The molecule has 4 rings (SSSR count). The highest BCUT2D eigenvalue weighted by Gasteiger charge is 2.24. The summed E-state index contributed by atoms with van der Waals surface area (Å²) in [6.07, 6.45) is 5.32. The number of rotatable bonds is 7. The summed E-state index contributed by atoms with van der Waals surface area (Å²) >= 11 is 0. The number of carbonyl (C=O) groups excluding carboxylic acids is 1. The summed E-state index contributed by atoms with van der Waals surface area (Å²) in [6, 6.07) is 13.1. The fourth-order valence-electron chi connectivity index (χ4n) is 3.61. The molecule has 0 aliphatic carbocycles. The minimum absolute atomic E-state index is 0.0373. The quantitative estimate of drug-likeness (QED) is 0.558. The Morgan fingerprint density at radius 2 is 2.16 bits per heavy atom. The zero-order valence-corrected chi connectivity index (χ0v) is 18.0. The van der Waals surface area contributed by atoms with Crippen molar-refractivity contribution in [2.24, 2.45) is 5.11 Å². The van der Waals surface area contributed by atoms with Crippen LogP contribution in [0.1, 0.15) is 11.3 Å². The van der Waals surface area contributed by atoms with Crippen LogP contribution >= 0.6 is 0 Å². The number of nitrogens with zero attached hydrogens (tertiary/aromatic N) is 4. The number of fused-ring (bicyclic) bond motifs is 1. The maximum atomic E-state index is 12.8. The predicted octanol–water partition coefficient (Wildman–Crippen LogP) is 2.51. The Morgan fingerprint density at radius 3 is 2.91 bits per heavy atom. The third kappa shape index (κ3) is 4.37. The molecule has 0 unspecified atom stereocenters. The molecule has 0 radical (unpaired) electrons. The van der Waals surface area contributed by atoms with Crippen LogP contribution in [0.2, 0.25) is 0 Å². The number of anilines is 1. The number of para-hydroxylation sites is 2. The number of methoxy groups -OCH3 is 1. The van der Waals surface area contributed by atoms with E-state index in [1.165, 1.54) is 0 Å². The fraction of sp³-hybridized carbons (Fsp3) is 0.217. The lowest BCUT2D eigenvalue weighted by Crippen LogP contribution is -2.81. The Morgan fingerprint density at radius 1 is 1.31 bits per heavy atom. The number of aryl methyl sites for hydroxylation is 1. The number of benzene rings is 2. The minimum Gasteiger partial charge on any atom is -0.495 e. The molecule has 0 atom stereocenters. The van der Waals surface area contributed by atoms with Crippen molar-refractivity contribution in [2.45, 2.75) is 6.92 Å². The van der Waals surface area contributed by atoms with Crippen molar-refractivity contribution in [1.82, 2.24) is 9.55 Å². The van der Waals surface area contributed by atoms with Gasteiger partial charge in [-0.05, 0) is 31.2 Å². The number of quaternary nitrogens is 1. The lowest BCUT2D eigenvalue weighted by atomic mass is 10.1. The molecule has 0 saturated carbocycles. The minimum atomic E-state index is -0.0373. The number of amides is 1. The lowest BCUT2D eigenvalue weighted by Gasteiger charge is -2.28. The topological polar surface area (TPSA) is 109 Å². The number of aromatic nitrogens is 2. The molecule has 0 fully saturated rings. The summed E-state index contributed by atoms with van der Waals surface area (Å²) in [5.41, 5.74) is 11.3. The molecule has 1 aliphatic rings. The van der Waals surface area contributed by atoms with Crippen LogP contribution in [-0.4, -0.2) is 42.3 Å². The molecule has 0 spiro atoms. The van der Waals surface area contributed by atoms with Crippen molar-refractivity contribution in [3.63, 3.8) is 0 Å². The van der Waals surface area contributed by atoms with Crippen LogP contribution in [0.15, 0.2) is 66.3 Å². The van der Waals surface area contributed by atoms with E-state index < -0.39 is 0 Å². The van der Waals surface area contributed by atoms with Crippen molar-refractivity contribution in [2.75, 3.05) is 31.7 Å². The van der Waals surface area contributed by atoms with Crippen molar-refractivity contribution < 1.29 is 19.6 Å². The number of hydrogen-bond donors (Lipinski definition) is 2. The first kappa shape index (κ1) is 21.3. The summed E-state index contributed by atoms with van der Waals surface area (Å²) in [6.45, 7) is 3.09. The first-order valence-corrected chi connectivity index (χ1v) is 10.2. The highest BCUT2D eigenvalue weighted by atomic mass is 16.5. The fourth-order valence-corrected chi connectivity index (χ4v) is 3.61. The second kappa shape index (κ2) is 9.44. The van der Waals surface area contributed by atoms with Gasteiger partial charge in [-0.1, -0.05) is 18.2 Å². The molecule has 32 heavy (non-hydrogen) atoms. The second-order valence-electron chi connectivity index (χ2n) is 7.27. The maximum Gasteiger partial charge on any atom is 0.282 e. The average Bonchev–Trinajstić information content (AvgIpc) is 3.27. The maximum absolute atomic E-state index is 12.8. The molecule has 3 aromatic rings. The third-order valence-electron chi connectivity index (χ3n) is 5.18. The van der Waals surface area contributed by atoms with Crippen molar-refractivity contribution >= 4 is 17.3 Å². The molecule has 9 nitrogen and oxygen atoms in total. The van der Waals surface area contributed by atoms with Gasteiger partial charge in [-0.15, -0.1) is 0 Å². The van der Waals surface area contributed by atoms with E-state index in [0.717, 1.165) is 22.6 Å². The first-order valence-electron chi connectivity index (χ1n) is 10.2. The lowest BCUT2D eigenvalue weighted by molar-refractivity contribution is -0.574. The van der Waals surface area contributed by atoms with Gasteiger partial charge in [0, 0.05) is 11.8 Å². The predicted molar refractivity (Wildman–Crippen MR) is 119 cm³/mol. The van der Waals surface area contributed by atoms with Crippen molar-refractivity contribution in [1.29, 1.82) is 5.53 Å². The van der Waals surface area contributed by atoms with Crippen LogP contribution in [0, 0.1) is 12.5 Å². The van der Waals surface area contributed by atoms with Gasteiger partial charge in [-0.2, -0.15) is 5.11 Å². The standard InChI is InChI=1S/C23H24N6O3/c1-16-14-28(15-26-16)19-8-7-17(11-22(19)31-2)18(27-24)12-25-13-23(30)29-9-10-32-21-6-4-3-5-20(21)29/h3-8,11-12,14-15,24-25H,9-10,13H2,1-2H3/p+1/b18-12-,27-24?. The Balaban J connectivity index is 1.48. The van der Waals surface area contributed by atoms with E-state index in [0.29, 0.717) is 30.3 Å². The monoisotopic (exact) mass is 433 g/mol. The molecule has 2 aromatic carbocycles. The smallest absolute Gasteiger partial charge is 0.282 e. The van der Waals surface area contributed by atoms with Gasteiger partial charge in [0.2, 0.25) is 0 Å². The van der Waals surface area contributed by atoms with Gasteiger partial charge in [-0.25, -0.2) is 10.5 Å². The van der Waals surface area contributed by atoms with Gasteiger partial charge in [0.05, 0.1) is 37.1 Å². The highest BCUT2D eigenvalue weighted by molar-refractivity contribution is 5.95. The summed E-state index contributed by atoms with van der Waals surface area (Å²) in [7, 11) is 1.60. The van der Waals surface area contributed by atoms with Gasteiger partial charge < -0.3 is 24.3 Å². The largest absolute Gasteiger partial charge is 0.495 e. The summed E-state index contributed by atoms with van der Waals surface area (Å²) in [4.78, 5) is 18.8. The molecule has 164 valence electrons. The van der Waals surface area contributed by atoms with Gasteiger partial charge in [0.25, 0.3) is 5.91 Å². The second-order valence-corrected chi connectivity index (χ2v) is 7.27. The van der Waals surface area contributed by atoms with E-state index in [9.17, 15) is 4.79 Å². The van der Waals surface area contributed by atoms with E-state index in [2.05, 4.69) is 10.1 Å². The van der Waals surface area contributed by atoms with Crippen molar-refractivity contribution in [3.8, 4) is 17.2 Å². The van der Waals surface area contributed by atoms with Gasteiger partial charge in [0.1, 0.15) is 30.0 Å². The molecule has 0 saturated heterocycles. The molecule has 2 heterocycles. The number of carbonyl (C=O) groups is 1. The number of nitrogens with two attached hydrogens (primary N) is 1. The first-order chi connectivity index (χ1) is 15.6. The molecule has 3 N–H and O–H groups in total. The number of ether oxygens (including phenoxy) is 2. The number of hydrogen-bond acceptors (Lipinski definition) is 6. The summed E-state index contributed by atoms with van der Waals surface area (Å²) in [5.74, 6) is 1.31. The Hall–Kier alpha value is -3.98. The molecule has 1 aliphatic heterocycles. The molecule has 1 amide bonds. The van der Waals surface area contributed by atoms with Gasteiger partial charge in [-0.3, -0.25) is 4.79 Å². The van der Waals surface area contributed by atoms with Gasteiger partial charge in [0.15, 0.2) is 6.54 Å². The van der Waals surface area contributed by atoms with Crippen LogP contribution in [0.3, 0.4) is 0 Å². The average molecular weight is 433 g/mol. The molecular formula is C23H25N6O3+. The van der Waals surface area contributed by atoms with E-state index in [1.807, 2.05) is 60.2 Å². The van der Waals surface area contributed by atoms with Gasteiger partial charge >= 0.3 is 0 Å². The highest BCUT2D eigenvalue weighted by Crippen LogP contribution is 2.31. The van der Waals surface area contributed by atoms with E-state index in [-0.39, 0.29) is 12.5 Å². The molecular weight excluding hydrogens is 408 g/mol. The van der Waals surface area contributed by atoms with Crippen LogP contribution in [-0.2, 0) is 4.79 Å². The number of nitrogens with one attached hydrogen (secondary N) is 1. The zero-order chi connectivity index (χ0) is 22.5. The van der Waals surface area contributed by atoms with Crippen molar-refractivity contribution in [3.05, 3.63) is 72.4 Å². The van der Waals surface area contributed by atoms with E-state index >= 15 is 0 Å². The van der Waals surface area contributed by atoms with Crippen LogP contribution in [0.5, 0.6) is 11.5 Å². The SMILES string of the molecule is COc1cc(/C(=C/[NH2+]CC(=O)N2CCOc3ccccc32)N=N)ccc1-n1cnc(C)c1. The Bertz CT molecular complexity index is 1170. The third-order valence-corrected chi connectivity index (χ3v) is 5.18. The Labute approximate surface area is 185 Å². The number of imidazole rings is 1. The van der Waals surface area contributed by atoms with E-state index in [4.69, 9.17) is 15.0 Å². The normalized spacial score (nSPS) is 13.3. The van der Waals surface area contributed by atoms with E-state index in [1.54, 1.807) is 29.9 Å². The summed E-state index contributed by atoms with van der Waals surface area (Å²) < 4.78 is 13.0. The van der Waals surface area contributed by atoms with Crippen LogP contribution in [0.25, 0.3) is 11.4 Å². The molecule has 1 aromatic heterocycles. The molecule has 9 heteroatoms. The van der Waals surface area contributed by atoms with Crippen LogP contribution in [0.4, 0.5) is 5.69 Å². The summed E-state index contributed by atoms with van der Waals surface area (Å²) in [5, 5.41) is 5.38. The zero-order valence-electron chi connectivity index (χ0n) is 18.0. The molecule has 0 bridgehead atoms. The Kier molecular flexibility index (Phi) is 6.27.